The van der Waals surface area contributed by atoms with Gasteiger partial charge >= 0.3 is 18.0 Å². The third-order valence-electron chi connectivity index (χ3n) is 5.57. The number of rotatable bonds is 7. The highest BCUT2D eigenvalue weighted by Crippen LogP contribution is 2.38. The van der Waals surface area contributed by atoms with E-state index in [0.717, 1.165) is 19.2 Å². The molecule has 2 amide bonds. The van der Waals surface area contributed by atoms with Gasteiger partial charge in [-0.1, -0.05) is 0 Å². The maximum atomic E-state index is 14.8. The normalized spacial score (nSPS) is 12.3. The molecule has 1 aliphatic heterocycles. The number of hydrogen-bond acceptors (Lipinski definition) is 8. The number of halogens is 3. The molecule has 1 aromatic heterocycles. The summed E-state index contributed by atoms with van der Waals surface area (Å²) in [5.74, 6) is -5.16. The van der Waals surface area contributed by atoms with Crippen LogP contribution in [0.2, 0.25) is 0 Å². The first-order chi connectivity index (χ1) is 18.1. The van der Waals surface area contributed by atoms with Crippen LogP contribution in [0.4, 0.5) is 35.0 Å². The number of benzene rings is 2. The molecule has 2 aromatic carbocycles. The van der Waals surface area contributed by atoms with Gasteiger partial charge in [0, 0.05) is 23.6 Å². The number of ether oxygens (including phenoxy) is 3. The second kappa shape index (κ2) is 10.9. The Hall–Kier alpha value is -4.46. The smallest absolute Gasteiger partial charge is 0.346 e. The molecule has 3 N–H and O–H groups in total. The lowest BCUT2D eigenvalue weighted by Crippen LogP contribution is -2.33. The minimum atomic E-state index is -1.39. The Labute approximate surface area is 217 Å². The second-order valence-corrected chi connectivity index (χ2v) is 8.73. The van der Waals surface area contributed by atoms with Gasteiger partial charge in [0.1, 0.15) is 40.1 Å². The number of aromatic carboxylic acids is 1. The number of esters is 1. The van der Waals surface area contributed by atoms with Gasteiger partial charge in [0.05, 0.1) is 32.1 Å². The average Bonchev–Trinajstić information content (AvgIpc) is 3.31. The molecule has 3 aromatic rings. The average molecular weight is 551 g/mol. The SMILES string of the molecule is COC(=O)c1c(NC(=O)Nc2cc(CN3CCOc4ccc(F)c(F)c43)c(OC)cc2F)csc1C(=O)O. The van der Waals surface area contributed by atoms with Crippen molar-refractivity contribution in [2.75, 3.05) is 42.9 Å². The Morgan fingerprint density at radius 3 is 2.53 bits per heavy atom. The Balaban J connectivity index is 1.60. The maximum absolute atomic E-state index is 14.8. The van der Waals surface area contributed by atoms with Crippen molar-refractivity contribution >= 4 is 46.4 Å². The molecule has 14 heteroatoms. The van der Waals surface area contributed by atoms with E-state index in [1.54, 1.807) is 0 Å². The van der Waals surface area contributed by atoms with Gasteiger partial charge in [-0.05, 0) is 18.2 Å². The van der Waals surface area contributed by atoms with Crippen LogP contribution in [0.3, 0.4) is 0 Å². The Morgan fingerprint density at radius 2 is 1.84 bits per heavy atom. The summed E-state index contributed by atoms with van der Waals surface area (Å²) >= 11 is 0.696. The van der Waals surface area contributed by atoms with Gasteiger partial charge in [-0.25, -0.2) is 27.6 Å². The van der Waals surface area contributed by atoms with E-state index in [9.17, 15) is 32.7 Å². The molecule has 0 atom stereocenters. The van der Waals surface area contributed by atoms with E-state index in [1.807, 2.05) is 0 Å². The molecular weight excluding hydrogens is 531 g/mol. The maximum Gasteiger partial charge on any atom is 0.346 e. The molecular formula is C24H20F3N3O7S. The van der Waals surface area contributed by atoms with E-state index in [1.165, 1.54) is 29.5 Å². The zero-order chi connectivity index (χ0) is 27.6. The Bertz CT molecular complexity index is 1430. The largest absolute Gasteiger partial charge is 0.496 e. The molecule has 0 aliphatic carbocycles. The van der Waals surface area contributed by atoms with E-state index in [0.29, 0.717) is 16.9 Å². The van der Waals surface area contributed by atoms with Crippen LogP contribution in [-0.2, 0) is 11.3 Å². The number of thiophene rings is 1. The molecule has 0 spiro atoms. The fourth-order valence-electron chi connectivity index (χ4n) is 3.87. The number of amides is 2. The quantitative estimate of drug-likeness (QED) is 0.361. The number of nitrogens with zero attached hydrogens (tertiary/aromatic N) is 1. The first kappa shape index (κ1) is 26.6. The number of urea groups is 1. The van der Waals surface area contributed by atoms with Crippen molar-refractivity contribution < 1.29 is 46.9 Å². The molecule has 0 bridgehead atoms. The topological polar surface area (TPSA) is 126 Å². The van der Waals surface area contributed by atoms with Gasteiger partial charge in [0.2, 0.25) is 0 Å². The summed E-state index contributed by atoms with van der Waals surface area (Å²) in [5, 5.41) is 15.1. The summed E-state index contributed by atoms with van der Waals surface area (Å²) in [4.78, 5) is 37.3. The number of carboxylic acid groups (broad SMARTS) is 1. The second-order valence-electron chi connectivity index (χ2n) is 7.85. The van der Waals surface area contributed by atoms with Crippen molar-refractivity contribution in [3.63, 3.8) is 0 Å². The lowest BCUT2D eigenvalue weighted by molar-refractivity contribution is 0.0586. The van der Waals surface area contributed by atoms with E-state index in [2.05, 4.69) is 15.4 Å². The summed E-state index contributed by atoms with van der Waals surface area (Å²) in [6, 6.07) is 3.56. The first-order valence-electron chi connectivity index (χ1n) is 10.9. The van der Waals surface area contributed by atoms with Crippen molar-refractivity contribution in [3.05, 3.63) is 63.1 Å². The lowest BCUT2D eigenvalue weighted by atomic mass is 10.1. The fourth-order valence-corrected chi connectivity index (χ4v) is 4.70. The van der Waals surface area contributed by atoms with Gasteiger partial charge in [0.15, 0.2) is 11.6 Å². The Morgan fingerprint density at radius 1 is 1.11 bits per heavy atom. The summed E-state index contributed by atoms with van der Waals surface area (Å²) < 4.78 is 58.5. The zero-order valence-corrected chi connectivity index (χ0v) is 20.7. The molecule has 2 heterocycles. The summed E-state index contributed by atoms with van der Waals surface area (Å²) in [7, 11) is 2.35. The minimum Gasteiger partial charge on any atom is -0.496 e. The van der Waals surface area contributed by atoms with E-state index < -0.39 is 35.4 Å². The summed E-state index contributed by atoms with van der Waals surface area (Å²) in [5.41, 5.74) is -0.569. The van der Waals surface area contributed by atoms with Crippen molar-refractivity contribution in [2.24, 2.45) is 0 Å². The minimum absolute atomic E-state index is 0.0462. The van der Waals surface area contributed by atoms with Crippen LogP contribution in [0, 0.1) is 17.5 Å². The van der Waals surface area contributed by atoms with E-state index in [4.69, 9.17) is 9.47 Å². The van der Waals surface area contributed by atoms with Crippen molar-refractivity contribution in [2.45, 2.75) is 6.54 Å². The van der Waals surface area contributed by atoms with Crippen LogP contribution >= 0.6 is 11.3 Å². The zero-order valence-electron chi connectivity index (χ0n) is 19.9. The van der Waals surface area contributed by atoms with Gasteiger partial charge < -0.3 is 34.9 Å². The molecule has 4 rings (SSSR count). The van der Waals surface area contributed by atoms with Crippen molar-refractivity contribution in [3.8, 4) is 11.5 Å². The van der Waals surface area contributed by atoms with E-state index >= 15 is 0 Å². The van der Waals surface area contributed by atoms with Gasteiger partial charge in [-0.15, -0.1) is 11.3 Å². The monoisotopic (exact) mass is 551 g/mol. The number of carboxylic acids is 1. The fraction of sp³-hybridized carbons (Fsp3) is 0.208. The highest BCUT2D eigenvalue weighted by molar-refractivity contribution is 7.13. The highest BCUT2D eigenvalue weighted by atomic mass is 32.1. The number of methoxy groups -OCH3 is 2. The van der Waals surface area contributed by atoms with E-state index in [-0.39, 0.29) is 58.7 Å². The molecule has 200 valence electrons. The predicted molar refractivity (Wildman–Crippen MR) is 131 cm³/mol. The number of carbonyl (C=O) groups is 3. The highest BCUT2D eigenvalue weighted by Gasteiger charge is 2.27. The number of carbonyl (C=O) groups excluding carboxylic acids is 2. The van der Waals surface area contributed by atoms with Crippen LogP contribution in [-0.4, -0.2) is 50.4 Å². The number of nitrogens with one attached hydrogen (secondary N) is 2. The molecule has 10 nitrogen and oxygen atoms in total. The molecule has 0 radical (unpaired) electrons. The predicted octanol–water partition coefficient (Wildman–Crippen LogP) is 4.70. The molecule has 0 saturated heterocycles. The third-order valence-corrected chi connectivity index (χ3v) is 6.54. The van der Waals surface area contributed by atoms with Gasteiger partial charge in [-0.2, -0.15) is 0 Å². The van der Waals surface area contributed by atoms with Crippen LogP contribution in [0.15, 0.2) is 29.6 Å². The van der Waals surface area contributed by atoms with Crippen LogP contribution in [0.5, 0.6) is 11.5 Å². The first-order valence-corrected chi connectivity index (χ1v) is 11.8. The Kier molecular flexibility index (Phi) is 7.62. The summed E-state index contributed by atoms with van der Waals surface area (Å²) in [6.07, 6.45) is 0. The van der Waals surface area contributed by atoms with Crippen molar-refractivity contribution in [1.29, 1.82) is 0 Å². The molecule has 0 saturated carbocycles. The van der Waals surface area contributed by atoms with Gasteiger partial charge in [0.25, 0.3) is 0 Å². The van der Waals surface area contributed by atoms with Crippen LogP contribution in [0.1, 0.15) is 25.6 Å². The molecule has 0 fully saturated rings. The number of hydrogen-bond donors (Lipinski definition) is 3. The number of anilines is 3. The standard InChI is InChI=1S/C24H20F3N3O7S/c1-35-17-8-13(26)14(28-24(34)29-15-10-38-21(22(31)32)18(15)23(33)36-2)7-11(17)9-30-5-6-37-16-4-3-12(25)19(27)20(16)30/h3-4,7-8,10H,5-6,9H2,1-2H3,(H,31,32)(H2,28,29,34). The molecule has 0 unspecified atom stereocenters. The number of fused-ring (bicyclic) bond motifs is 1. The van der Waals surface area contributed by atoms with Crippen LogP contribution in [0.25, 0.3) is 0 Å². The van der Waals surface area contributed by atoms with Crippen molar-refractivity contribution in [1.82, 2.24) is 0 Å². The summed E-state index contributed by atoms with van der Waals surface area (Å²) in [6.45, 7) is 0.337. The third kappa shape index (κ3) is 5.16. The lowest BCUT2D eigenvalue weighted by Gasteiger charge is -2.32. The van der Waals surface area contributed by atoms with Crippen LogP contribution < -0.4 is 25.0 Å². The molecule has 1 aliphatic rings. The van der Waals surface area contributed by atoms with Gasteiger partial charge in [-0.3, -0.25) is 0 Å². The molecule has 38 heavy (non-hydrogen) atoms.